The average molecular weight is 325 g/mol. The molecule has 4 rings (SSSR count). The Labute approximate surface area is 142 Å². The van der Waals surface area contributed by atoms with E-state index < -0.39 is 0 Å². The van der Waals surface area contributed by atoms with E-state index in [1.165, 1.54) is 12.8 Å². The van der Waals surface area contributed by atoms with Gasteiger partial charge in [-0.2, -0.15) is 0 Å². The summed E-state index contributed by atoms with van der Waals surface area (Å²) in [6.45, 7) is 2.37. The Morgan fingerprint density at radius 1 is 1.21 bits per heavy atom. The maximum atomic E-state index is 12.8. The zero-order chi connectivity index (χ0) is 16.4. The van der Waals surface area contributed by atoms with Crippen molar-refractivity contribution in [2.24, 2.45) is 5.92 Å². The highest BCUT2D eigenvalue weighted by Crippen LogP contribution is 2.29. The number of rotatable bonds is 5. The molecule has 2 fully saturated rings. The van der Waals surface area contributed by atoms with Gasteiger partial charge in [-0.15, -0.1) is 0 Å². The van der Waals surface area contributed by atoms with E-state index in [1.807, 2.05) is 41.7 Å². The van der Waals surface area contributed by atoms with E-state index in [0.29, 0.717) is 6.04 Å². The standard InChI is InChI=1S/C19H23N3O2/c23-19(16-5-7-18(8-6-16)24-13-15-3-4-15)21-10-1-2-17(12-21)22-11-9-20-14-22/h5-9,11,14-15,17H,1-4,10,12-13H2. The molecule has 5 nitrogen and oxygen atoms in total. The van der Waals surface area contributed by atoms with E-state index in [2.05, 4.69) is 9.55 Å². The molecule has 0 radical (unpaired) electrons. The normalized spacial score (nSPS) is 20.8. The van der Waals surface area contributed by atoms with Gasteiger partial charge in [-0.05, 0) is 55.9 Å². The van der Waals surface area contributed by atoms with Crippen LogP contribution in [0.4, 0.5) is 0 Å². The summed E-state index contributed by atoms with van der Waals surface area (Å²) in [5.41, 5.74) is 0.736. The number of piperidine rings is 1. The lowest BCUT2D eigenvalue weighted by molar-refractivity contribution is 0.0679. The number of aromatic nitrogens is 2. The molecule has 126 valence electrons. The van der Waals surface area contributed by atoms with Gasteiger partial charge in [-0.1, -0.05) is 0 Å². The summed E-state index contributed by atoms with van der Waals surface area (Å²) in [6, 6.07) is 7.91. The fourth-order valence-corrected chi connectivity index (χ4v) is 3.24. The Hall–Kier alpha value is -2.30. The molecule has 0 spiro atoms. The average Bonchev–Trinajstić information content (AvgIpc) is 3.30. The van der Waals surface area contributed by atoms with E-state index in [-0.39, 0.29) is 5.91 Å². The molecular weight excluding hydrogens is 302 g/mol. The van der Waals surface area contributed by atoms with E-state index in [1.54, 1.807) is 6.20 Å². The zero-order valence-electron chi connectivity index (χ0n) is 13.8. The van der Waals surface area contributed by atoms with Crippen molar-refractivity contribution in [3.8, 4) is 5.75 Å². The van der Waals surface area contributed by atoms with Crippen molar-refractivity contribution >= 4 is 5.91 Å². The maximum Gasteiger partial charge on any atom is 0.253 e. The quantitative estimate of drug-likeness (QED) is 0.848. The second-order valence-electron chi connectivity index (χ2n) is 6.84. The lowest BCUT2D eigenvalue weighted by atomic mass is 10.0. The highest BCUT2D eigenvalue weighted by molar-refractivity contribution is 5.94. The number of benzene rings is 1. The summed E-state index contributed by atoms with van der Waals surface area (Å²) < 4.78 is 7.85. The number of imidazole rings is 1. The smallest absolute Gasteiger partial charge is 0.253 e. The first kappa shape index (κ1) is 15.2. The van der Waals surface area contributed by atoms with E-state index in [4.69, 9.17) is 4.74 Å². The Bertz CT molecular complexity index is 677. The summed E-state index contributed by atoms with van der Waals surface area (Å²) in [7, 11) is 0. The summed E-state index contributed by atoms with van der Waals surface area (Å²) in [4.78, 5) is 18.8. The molecule has 0 N–H and O–H groups in total. The van der Waals surface area contributed by atoms with E-state index in [9.17, 15) is 4.79 Å². The Balaban J connectivity index is 1.38. The monoisotopic (exact) mass is 325 g/mol. The SMILES string of the molecule is O=C(c1ccc(OCC2CC2)cc1)N1CCCC(n2ccnc2)C1. The Morgan fingerprint density at radius 3 is 2.75 bits per heavy atom. The first-order valence-electron chi connectivity index (χ1n) is 8.79. The lowest BCUT2D eigenvalue weighted by Crippen LogP contribution is -2.40. The van der Waals surface area contributed by atoms with Gasteiger partial charge in [0, 0.05) is 31.0 Å². The summed E-state index contributed by atoms with van der Waals surface area (Å²) in [5.74, 6) is 1.70. The van der Waals surface area contributed by atoms with Crippen molar-refractivity contribution in [2.75, 3.05) is 19.7 Å². The molecule has 1 aromatic heterocycles. The molecule has 2 aromatic rings. The maximum absolute atomic E-state index is 12.8. The van der Waals surface area contributed by atoms with Crippen molar-refractivity contribution in [3.05, 3.63) is 48.5 Å². The summed E-state index contributed by atoms with van der Waals surface area (Å²) in [5, 5.41) is 0. The highest BCUT2D eigenvalue weighted by atomic mass is 16.5. The van der Waals surface area contributed by atoms with Crippen LogP contribution in [0, 0.1) is 5.92 Å². The van der Waals surface area contributed by atoms with Gasteiger partial charge in [-0.25, -0.2) is 4.98 Å². The highest BCUT2D eigenvalue weighted by Gasteiger charge is 2.25. The number of nitrogens with zero attached hydrogens (tertiary/aromatic N) is 3. The largest absolute Gasteiger partial charge is 0.493 e. The van der Waals surface area contributed by atoms with Gasteiger partial charge in [0.25, 0.3) is 5.91 Å². The van der Waals surface area contributed by atoms with E-state index in [0.717, 1.165) is 49.8 Å². The van der Waals surface area contributed by atoms with Crippen molar-refractivity contribution in [1.82, 2.24) is 14.5 Å². The number of hydrogen-bond acceptors (Lipinski definition) is 3. The van der Waals surface area contributed by atoms with Gasteiger partial charge in [0.1, 0.15) is 5.75 Å². The second-order valence-corrected chi connectivity index (χ2v) is 6.84. The fraction of sp³-hybridized carbons (Fsp3) is 0.474. The Kier molecular flexibility index (Phi) is 4.24. The minimum Gasteiger partial charge on any atom is -0.493 e. The van der Waals surface area contributed by atoms with Gasteiger partial charge in [0.15, 0.2) is 0 Å². The molecule has 1 amide bonds. The molecule has 5 heteroatoms. The van der Waals surface area contributed by atoms with Crippen molar-refractivity contribution in [2.45, 2.75) is 31.7 Å². The van der Waals surface area contributed by atoms with Crippen LogP contribution in [-0.2, 0) is 0 Å². The van der Waals surface area contributed by atoms with Crippen LogP contribution in [0.2, 0.25) is 0 Å². The van der Waals surface area contributed by atoms with Crippen LogP contribution in [0.5, 0.6) is 5.75 Å². The number of likely N-dealkylation sites (tertiary alicyclic amines) is 1. The first-order valence-corrected chi connectivity index (χ1v) is 8.79. The van der Waals surface area contributed by atoms with Gasteiger partial charge in [0.2, 0.25) is 0 Å². The van der Waals surface area contributed by atoms with Gasteiger partial charge < -0.3 is 14.2 Å². The minimum absolute atomic E-state index is 0.105. The predicted octanol–water partition coefficient (Wildman–Crippen LogP) is 3.15. The number of carbonyl (C=O) groups excluding carboxylic acids is 1. The van der Waals surface area contributed by atoms with Crippen LogP contribution in [0.3, 0.4) is 0 Å². The molecule has 1 aromatic carbocycles. The third-order valence-electron chi connectivity index (χ3n) is 4.91. The molecule has 0 bridgehead atoms. The van der Waals surface area contributed by atoms with Crippen LogP contribution < -0.4 is 4.74 Å². The molecule has 1 aliphatic heterocycles. The van der Waals surface area contributed by atoms with Crippen molar-refractivity contribution < 1.29 is 9.53 Å². The van der Waals surface area contributed by atoms with Gasteiger partial charge in [-0.3, -0.25) is 4.79 Å². The molecule has 1 aliphatic carbocycles. The third kappa shape index (κ3) is 3.45. The lowest BCUT2D eigenvalue weighted by Gasteiger charge is -2.33. The van der Waals surface area contributed by atoms with Crippen LogP contribution in [0.25, 0.3) is 0 Å². The molecule has 2 aliphatic rings. The topological polar surface area (TPSA) is 47.4 Å². The third-order valence-corrected chi connectivity index (χ3v) is 4.91. The van der Waals surface area contributed by atoms with E-state index >= 15 is 0 Å². The van der Waals surface area contributed by atoms with Crippen LogP contribution >= 0.6 is 0 Å². The fourth-order valence-electron chi connectivity index (χ4n) is 3.24. The molecule has 1 saturated carbocycles. The number of hydrogen-bond donors (Lipinski definition) is 0. The number of ether oxygens (including phenoxy) is 1. The molecule has 1 unspecified atom stereocenters. The second kappa shape index (κ2) is 6.67. The van der Waals surface area contributed by atoms with Crippen LogP contribution in [0.1, 0.15) is 42.1 Å². The first-order chi connectivity index (χ1) is 11.8. The Morgan fingerprint density at radius 2 is 2.04 bits per heavy atom. The van der Waals surface area contributed by atoms with Crippen molar-refractivity contribution in [3.63, 3.8) is 0 Å². The summed E-state index contributed by atoms with van der Waals surface area (Å²) >= 11 is 0. The molecular formula is C19H23N3O2. The zero-order valence-corrected chi connectivity index (χ0v) is 13.8. The number of carbonyl (C=O) groups is 1. The van der Waals surface area contributed by atoms with Crippen molar-refractivity contribution in [1.29, 1.82) is 0 Å². The summed E-state index contributed by atoms with van der Waals surface area (Å²) in [6.07, 6.45) is 10.3. The van der Waals surface area contributed by atoms with Gasteiger partial charge in [0.05, 0.1) is 19.0 Å². The molecule has 24 heavy (non-hydrogen) atoms. The predicted molar refractivity (Wildman–Crippen MR) is 91.1 cm³/mol. The van der Waals surface area contributed by atoms with Gasteiger partial charge >= 0.3 is 0 Å². The number of amides is 1. The molecule has 1 atom stereocenters. The molecule has 1 saturated heterocycles. The van der Waals surface area contributed by atoms with Crippen LogP contribution in [-0.4, -0.2) is 40.1 Å². The minimum atomic E-state index is 0.105. The molecule has 2 heterocycles. The van der Waals surface area contributed by atoms with Crippen LogP contribution in [0.15, 0.2) is 43.0 Å².